The molecule has 0 heterocycles. The summed E-state index contributed by atoms with van der Waals surface area (Å²) >= 11 is 0. The summed E-state index contributed by atoms with van der Waals surface area (Å²) in [7, 11) is 1.32. The molecule has 0 amide bonds. The topological polar surface area (TPSA) is 89.7 Å². The van der Waals surface area contributed by atoms with Crippen molar-refractivity contribution in [1.82, 2.24) is 0 Å². The van der Waals surface area contributed by atoms with E-state index in [1.807, 2.05) is 6.92 Å². The highest BCUT2D eigenvalue weighted by molar-refractivity contribution is 5.78. The second-order valence-electron chi connectivity index (χ2n) is 3.83. The molecule has 0 aliphatic carbocycles. The maximum atomic E-state index is 11.2. The Balaban J connectivity index is 3.37. The van der Waals surface area contributed by atoms with Gasteiger partial charge in [0.15, 0.2) is 5.75 Å². The van der Waals surface area contributed by atoms with E-state index < -0.39 is 16.8 Å². The molecule has 1 atom stereocenters. The molecule has 0 radical (unpaired) electrons. The molecule has 98 valence electrons. The van der Waals surface area contributed by atoms with Gasteiger partial charge in [-0.25, -0.2) is 0 Å². The molecule has 0 aliphatic heterocycles. The summed E-state index contributed by atoms with van der Waals surface area (Å²) < 4.78 is 4.92. The van der Waals surface area contributed by atoms with Crippen LogP contribution in [0.1, 0.15) is 31.2 Å². The van der Waals surface area contributed by atoms with E-state index in [0.29, 0.717) is 12.8 Å². The molecule has 6 heteroatoms. The van der Waals surface area contributed by atoms with Crippen LogP contribution in [0, 0.1) is 10.1 Å². The van der Waals surface area contributed by atoms with Crippen LogP contribution in [0.4, 0.5) is 5.69 Å². The fourth-order valence-electron chi connectivity index (χ4n) is 1.88. The third-order valence-corrected chi connectivity index (χ3v) is 2.68. The molecule has 0 fully saturated rings. The average molecular weight is 253 g/mol. The molecule has 6 nitrogen and oxygen atoms in total. The number of nitro benzene ring substituents is 1. The van der Waals surface area contributed by atoms with Crippen molar-refractivity contribution < 1.29 is 19.6 Å². The smallest absolute Gasteiger partial charge is 0.314 e. The number of benzene rings is 1. The van der Waals surface area contributed by atoms with Crippen molar-refractivity contribution in [2.75, 3.05) is 7.11 Å². The first kappa shape index (κ1) is 14.0. The van der Waals surface area contributed by atoms with Gasteiger partial charge < -0.3 is 9.84 Å². The van der Waals surface area contributed by atoms with Crippen molar-refractivity contribution in [2.24, 2.45) is 0 Å². The van der Waals surface area contributed by atoms with Gasteiger partial charge in [0, 0.05) is 5.56 Å². The predicted molar refractivity (Wildman–Crippen MR) is 64.9 cm³/mol. The number of hydrogen-bond acceptors (Lipinski definition) is 4. The van der Waals surface area contributed by atoms with E-state index in [-0.39, 0.29) is 17.0 Å². The first-order valence-corrected chi connectivity index (χ1v) is 5.57. The number of hydrogen-bond donors (Lipinski definition) is 1. The normalized spacial score (nSPS) is 11.9. The highest BCUT2D eigenvalue weighted by Gasteiger charge is 2.30. The minimum absolute atomic E-state index is 0.0832. The maximum absolute atomic E-state index is 11.2. The summed E-state index contributed by atoms with van der Waals surface area (Å²) in [5.41, 5.74) is -0.0745. The lowest BCUT2D eigenvalue weighted by Gasteiger charge is -2.13. The molecule has 1 aromatic rings. The minimum atomic E-state index is -1.06. The van der Waals surface area contributed by atoms with E-state index in [1.165, 1.54) is 19.2 Å². The average Bonchev–Trinajstić information content (AvgIpc) is 2.34. The molecule has 0 aliphatic rings. The minimum Gasteiger partial charge on any atom is -0.490 e. The summed E-state index contributed by atoms with van der Waals surface area (Å²) in [6, 6.07) is 4.48. The number of methoxy groups -OCH3 is 1. The first-order chi connectivity index (χ1) is 8.52. The van der Waals surface area contributed by atoms with E-state index in [1.54, 1.807) is 6.07 Å². The monoisotopic (exact) mass is 253 g/mol. The Labute approximate surface area is 104 Å². The Kier molecular flexibility index (Phi) is 4.65. The van der Waals surface area contributed by atoms with E-state index in [4.69, 9.17) is 9.84 Å². The molecule has 0 bridgehead atoms. The molecule has 0 saturated carbocycles. The standard InChI is InChI=1S/C12H15NO5/c1-3-5-9(12(14)15)8-6-4-7-10(18-2)11(8)13(16)17/h4,6-7,9H,3,5H2,1-2H3,(H,14,15). The summed E-state index contributed by atoms with van der Waals surface area (Å²) in [6.07, 6.45) is 0.981. The third-order valence-electron chi connectivity index (χ3n) is 2.68. The lowest BCUT2D eigenvalue weighted by atomic mass is 9.93. The van der Waals surface area contributed by atoms with Gasteiger partial charge in [0.1, 0.15) is 0 Å². The van der Waals surface area contributed by atoms with E-state index >= 15 is 0 Å². The number of carboxylic acids is 1. The van der Waals surface area contributed by atoms with Crippen LogP contribution in [0.2, 0.25) is 0 Å². The van der Waals surface area contributed by atoms with Crippen LogP contribution in [-0.2, 0) is 4.79 Å². The largest absolute Gasteiger partial charge is 0.490 e. The van der Waals surface area contributed by atoms with Crippen molar-refractivity contribution in [3.63, 3.8) is 0 Å². The second kappa shape index (κ2) is 6.00. The summed E-state index contributed by atoms with van der Waals surface area (Å²) in [4.78, 5) is 21.7. The zero-order chi connectivity index (χ0) is 13.7. The van der Waals surface area contributed by atoms with Gasteiger partial charge in [-0.2, -0.15) is 0 Å². The van der Waals surface area contributed by atoms with Crippen molar-refractivity contribution in [3.05, 3.63) is 33.9 Å². The number of nitro groups is 1. The fourth-order valence-corrected chi connectivity index (χ4v) is 1.88. The molecule has 1 aromatic carbocycles. The van der Waals surface area contributed by atoms with E-state index in [2.05, 4.69) is 0 Å². The fraction of sp³-hybridized carbons (Fsp3) is 0.417. The zero-order valence-electron chi connectivity index (χ0n) is 10.3. The van der Waals surface area contributed by atoms with Gasteiger partial charge in [-0.15, -0.1) is 0 Å². The van der Waals surface area contributed by atoms with E-state index in [9.17, 15) is 14.9 Å². The summed E-state index contributed by atoms with van der Waals surface area (Å²) in [5, 5.41) is 20.2. The van der Waals surface area contributed by atoms with Gasteiger partial charge >= 0.3 is 11.7 Å². The van der Waals surface area contributed by atoms with Crippen LogP contribution in [-0.4, -0.2) is 23.1 Å². The molecular formula is C12H15NO5. The SMILES string of the molecule is CCCC(C(=O)O)c1cccc(OC)c1[N+](=O)[O-]. The lowest BCUT2D eigenvalue weighted by Crippen LogP contribution is -2.13. The number of para-hydroxylation sites is 1. The van der Waals surface area contributed by atoms with Crippen LogP contribution >= 0.6 is 0 Å². The Morgan fingerprint density at radius 3 is 2.67 bits per heavy atom. The number of carboxylic acid groups (broad SMARTS) is 1. The quantitative estimate of drug-likeness (QED) is 0.621. The highest BCUT2D eigenvalue weighted by Crippen LogP contribution is 2.36. The molecule has 18 heavy (non-hydrogen) atoms. The van der Waals surface area contributed by atoms with Gasteiger partial charge in [0.25, 0.3) is 0 Å². The molecular weight excluding hydrogens is 238 g/mol. The van der Waals surface area contributed by atoms with Gasteiger partial charge in [-0.3, -0.25) is 14.9 Å². The van der Waals surface area contributed by atoms with Gasteiger partial charge in [0.05, 0.1) is 18.0 Å². The van der Waals surface area contributed by atoms with Crippen LogP contribution in [0.5, 0.6) is 5.75 Å². The lowest BCUT2D eigenvalue weighted by molar-refractivity contribution is -0.386. The van der Waals surface area contributed by atoms with Crippen LogP contribution < -0.4 is 4.74 Å². The molecule has 1 unspecified atom stereocenters. The number of carbonyl (C=O) groups is 1. The number of rotatable bonds is 6. The number of ether oxygens (including phenoxy) is 1. The first-order valence-electron chi connectivity index (χ1n) is 5.57. The molecule has 0 spiro atoms. The summed E-state index contributed by atoms with van der Waals surface area (Å²) in [6.45, 7) is 1.84. The molecule has 1 N–H and O–H groups in total. The van der Waals surface area contributed by atoms with Crippen molar-refractivity contribution in [1.29, 1.82) is 0 Å². The van der Waals surface area contributed by atoms with Crippen LogP contribution in [0.25, 0.3) is 0 Å². The van der Waals surface area contributed by atoms with Crippen molar-refractivity contribution >= 4 is 11.7 Å². The highest BCUT2D eigenvalue weighted by atomic mass is 16.6. The van der Waals surface area contributed by atoms with Gasteiger partial charge in [-0.1, -0.05) is 25.5 Å². The van der Waals surface area contributed by atoms with Crippen molar-refractivity contribution in [3.8, 4) is 5.75 Å². The Bertz CT molecular complexity index is 458. The molecule has 0 saturated heterocycles. The van der Waals surface area contributed by atoms with E-state index in [0.717, 1.165) is 0 Å². The molecule has 1 rings (SSSR count). The van der Waals surface area contributed by atoms with Crippen LogP contribution in [0.3, 0.4) is 0 Å². The van der Waals surface area contributed by atoms with Gasteiger partial charge in [-0.05, 0) is 12.5 Å². The predicted octanol–water partition coefficient (Wildman–Crippen LogP) is 2.57. The second-order valence-corrected chi connectivity index (χ2v) is 3.83. The number of aliphatic carboxylic acids is 1. The maximum Gasteiger partial charge on any atom is 0.314 e. The number of nitrogens with zero attached hydrogens (tertiary/aromatic N) is 1. The zero-order valence-corrected chi connectivity index (χ0v) is 10.3. The Morgan fingerprint density at radius 1 is 1.56 bits per heavy atom. The van der Waals surface area contributed by atoms with Gasteiger partial charge in [0.2, 0.25) is 0 Å². The Hall–Kier alpha value is -2.11. The summed E-state index contributed by atoms with van der Waals surface area (Å²) in [5.74, 6) is -1.86. The van der Waals surface area contributed by atoms with Crippen LogP contribution in [0.15, 0.2) is 18.2 Å². The third kappa shape index (κ3) is 2.77. The van der Waals surface area contributed by atoms with Crippen molar-refractivity contribution in [2.45, 2.75) is 25.7 Å². The Morgan fingerprint density at radius 2 is 2.22 bits per heavy atom. The molecule has 0 aromatic heterocycles.